The van der Waals surface area contributed by atoms with Crippen molar-refractivity contribution in [3.63, 3.8) is 0 Å². The van der Waals surface area contributed by atoms with E-state index < -0.39 is 0 Å². The van der Waals surface area contributed by atoms with Gasteiger partial charge in [-0.1, -0.05) is 53.9 Å². The van der Waals surface area contributed by atoms with Gasteiger partial charge in [-0.05, 0) is 24.2 Å². The highest BCUT2D eigenvalue weighted by Crippen LogP contribution is 2.26. The predicted octanol–water partition coefficient (Wildman–Crippen LogP) is 4.50. The van der Waals surface area contributed by atoms with Gasteiger partial charge in [-0.15, -0.1) is 0 Å². The van der Waals surface area contributed by atoms with Gasteiger partial charge in [0.2, 0.25) is 0 Å². The summed E-state index contributed by atoms with van der Waals surface area (Å²) in [5.41, 5.74) is 0.251. The zero-order valence-corrected chi connectivity index (χ0v) is 12.8. The second kappa shape index (κ2) is 9.37. The number of carbonyl (C=O) groups excluding carboxylic acids is 1. The maximum Gasteiger partial charge on any atom is 0.342 e. The molecule has 0 N–H and O–H groups in total. The molecule has 0 aliphatic rings. The fraction of sp³-hybridized carbons (Fsp3) is 0.933. The second-order valence-corrected chi connectivity index (χ2v) is 6.41. The van der Waals surface area contributed by atoms with E-state index in [4.69, 9.17) is 9.78 Å². The summed E-state index contributed by atoms with van der Waals surface area (Å²) >= 11 is 0. The topological polar surface area (TPSA) is 35.5 Å². The van der Waals surface area contributed by atoms with Crippen LogP contribution in [0.15, 0.2) is 0 Å². The van der Waals surface area contributed by atoms with E-state index in [1.54, 1.807) is 0 Å². The summed E-state index contributed by atoms with van der Waals surface area (Å²) < 4.78 is 0. The normalized spacial score (nSPS) is 13.4. The van der Waals surface area contributed by atoms with E-state index in [1.165, 1.54) is 12.8 Å². The first-order chi connectivity index (χ1) is 8.35. The molecule has 0 bridgehead atoms. The van der Waals surface area contributed by atoms with E-state index in [-0.39, 0.29) is 11.4 Å². The van der Waals surface area contributed by atoms with Crippen molar-refractivity contribution in [3.05, 3.63) is 0 Å². The molecule has 0 heterocycles. The molecule has 0 aliphatic heterocycles. The van der Waals surface area contributed by atoms with Gasteiger partial charge in [-0.3, -0.25) is 4.89 Å². The Hall–Kier alpha value is -0.570. The average molecular weight is 258 g/mol. The van der Waals surface area contributed by atoms with Crippen LogP contribution in [0.25, 0.3) is 0 Å². The summed E-state index contributed by atoms with van der Waals surface area (Å²) in [6.07, 6.45) is 5.95. The van der Waals surface area contributed by atoms with Gasteiger partial charge in [0.15, 0.2) is 0 Å². The summed E-state index contributed by atoms with van der Waals surface area (Å²) in [6, 6.07) is 0. The second-order valence-electron chi connectivity index (χ2n) is 6.41. The lowest BCUT2D eigenvalue weighted by Gasteiger charge is -2.22. The van der Waals surface area contributed by atoms with Crippen LogP contribution in [0, 0.1) is 11.3 Å². The molecule has 0 rings (SSSR count). The van der Waals surface area contributed by atoms with Gasteiger partial charge in [0.1, 0.15) is 0 Å². The first kappa shape index (κ1) is 17.4. The fourth-order valence-corrected chi connectivity index (χ4v) is 2.13. The van der Waals surface area contributed by atoms with Crippen LogP contribution in [-0.4, -0.2) is 12.6 Å². The number of carbonyl (C=O) groups is 1. The van der Waals surface area contributed by atoms with Gasteiger partial charge in [0.25, 0.3) is 0 Å². The predicted molar refractivity (Wildman–Crippen MR) is 74.0 cm³/mol. The molecule has 0 spiro atoms. The largest absolute Gasteiger partial charge is 0.342 e. The Balaban J connectivity index is 3.53. The first-order valence-electron chi connectivity index (χ1n) is 7.17. The number of hydrogen-bond acceptors (Lipinski definition) is 3. The van der Waals surface area contributed by atoms with Gasteiger partial charge in [0.05, 0.1) is 13.0 Å². The van der Waals surface area contributed by atoms with Crippen LogP contribution in [0.2, 0.25) is 0 Å². The monoisotopic (exact) mass is 258 g/mol. The van der Waals surface area contributed by atoms with E-state index >= 15 is 0 Å². The van der Waals surface area contributed by atoms with Crippen LogP contribution in [0.5, 0.6) is 0 Å². The van der Waals surface area contributed by atoms with Gasteiger partial charge >= 0.3 is 5.97 Å². The zero-order valence-electron chi connectivity index (χ0n) is 12.8. The van der Waals surface area contributed by atoms with Crippen LogP contribution >= 0.6 is 0 Å². The number of rotatable bonds is 9. The molecule has 0 amide bonds. The van der Waals surface area contributed by atoms with Crippen molar-refractivity contribution in [2.24, 2.45) is 11.3 Å². The van der Waals surface area contributed by atoms with Gasteiger partial charge in [-0.2, -0.15) is 4.89 Å². The molecule has 0 saturated heterocycles. The zero-order chi connectivity index (χ0) is 14.0. The first-order valence-corrected chi connectivity index (χ1v) is 7.17. The summed E-state index contributed by atoms with van der Waals surface area (Å²) in [7, 11) is 0. The molecule has 0 aromatic rings. The summed E-state index contributed by atoms with van der Waals surface area (Å²) in [5.74, 6) is 0.0865. The number of unbranched alkanes of at least 4 members (excludes halogenated alkanes) is 3. The van der Waals surface area contributed by atoms with Crippen molar-refractivity contribution < 1.29 is 14.6 Å². The quantitative estimate of drug-likeness (QED) is 0.347. The van der Waals surface area contributed by atoms with Crippen LogP contribution in [0.1, 0.15) is 73.1 Å². The van der Waals surface area contributed by atoms with Gasteiger partial charge in [0, 0.05) is 0 Å². The lowest BCUT2D eigenvalue weighted by atomic mass is 9.84. The van der Waals surface area contributed by atoms with Crippen LogP contribution in [0.4, 0.5) is 0 Å². The summed E-state index contributed by atoms with van der Waals surface area (Å²) in [4.78, 5) is 21.2. The lowest BCUT2D eigenvalue weighted by Crippen LogP contribution is -2.16. The Morgan fingerprint density at radius 2 is 1.83 bits per heavy atom. The molecular weight excluding hydrogens is 228 g/mol. The molecule has 1 unspecified atom stereocenters. The van der Waals surface area contributed by atoms with E-state index in [9.17, 15) is 4.79 Å². The van der Waals surface area contributed by atoms with E-state index in [0.29, 0.717) is 18.9 Å². The molecule has 3 heteroatoms. The third kappa shape index (κ3) is 11.9. The molecule has 1 atom stereocenters. The molecule has 18 heavy (non-hydrogen) atoms. The minimum absolute atomic E-state index is 0.248. The lowest BCUT2D eigenvalue weighted by molar-refractivity contribution is -0.273. The molecule has 0 aromatic carbocycles. The van der Waals surface area contributed by atoms with Crippen LogP contribution < -0.4 is 0 Å². The van der Waals surface area contributed by atoms with Crippen molar-refractivity contribution in [3.8, 4) is 0 Å². The van der Waals surface area contributed by atoms with Crippen molar-refractivity contribution in [2.75, 3.05) is 6.61 Å². The Labute approximate surface area is 112 Å². The molecule has 3 nitrogen and oxygen atoms in total. The highest BCUT2D eigenvalue weighted by atomic mass is 17.2. The third-order valence-electron chi connectivity index (χ3n) is 2.71. The molecule has 0 aromatic heterocycles. The number of hydrogen-bond donors (Lipinski definition) is 0. The van der Waals surface area contributed by atoms with Gasteiger partial charge < -0.3 is 0 Å². The van der Waals surface area contributed by atoms with E-state index in [1.807, 2.05) is 0 Å². The molecule has 0 aliphatic carbocycles. The molecule has 108 valence electrons. The molecule has 0 fully saturated rings. The Bertz CT molecular complexity index is 218. The molecule has 0 radical (unpaired) electrons. The molecule has 0 saturated carbocycles. The third-order valence-corrected chi connectivity index (χ3v) is 2.71. The average Bonchev–Trinajstić information content (AvgIpc) is 2.20. The SMILES string of the molecule is CCCCCCOOC(=O)CC(C)CC(C)(C)C. The Kier molecular flexibility index (Phi) is 9.08. The Morgan fingerprint density at radius 3 is 2.39 bits per heavy atom. The van der Waals surface area contributed by atoms with Crippen molar-refractivity contribution in [2.45, 2.75) is 73.1 Å². The molecular formula is C15H30O3. The van der Waals surface area contributed by atoms with E-state index in [2.05, 4.69) is 34.6 Å². The van der Waals surface area contributed by atoms with Gasteiger partial charge in [-0.25, -0.2) is 4.79 Å². The Morgan fingerprint density at radius 1 is 1.17 bits per heavy atom. The van der Waals surface area contributed by atoms with Crippen LogP contribution in [0.3, 0.4) is 0 Å². The van der Waals surface area contributed by atoms with Crippen molar-refractivity contribution in [1.29, 1.82) is 0 Å². The summed E-state index contributed by atoms with van der Waals surface area (Å²) in [6.45, 7) is 11.3. The fourth-order valence-electron chi connectivity index (χ4n) is 2.13. The highest BCUT2D eigenvalue weighted by molar-refractivity contribution is 5.68. The highest BCUT2D eigenvalue weighted by Gasteiger charge is 2.18. The standard InChI is InChI=1S/C15H30O3/c1-6-7-8-9-10-17-18-14(16)11-13(2)12-15(3,4)5/h13H,6-12H2,1-5H3. The minimum atomic E-state index is -0.248. The maximum atomic E-state index is 11.5. The van der Waals surface area contributed by atoms with E-state index in [0.717, 1.165) is 19.3 Å². The smallest absolute Gasteiger partial charge is 0.298 e. The van der Waals surface area contributed by atoms with Crippen LogP contribution in [-0.2, 0) is 14.6 Å². The minimum Gasteiger partial charge on any atom is -0.298 e. The van der Waals surface area contributed by atoms with Crippen molar-refractivity contribution >= 4 is 5.97 Å². The summed E-state index contributed by atoms with van der Waals surface area (Å²) in [5, 5.41) is 0. The maximum absolute atomic E-state index is 11.5. The van der Waals surface area contributed by atoms with Crippen molar-refractivity contribution in [1.82, 2.24) is 0 Å².